The van der Waals surface area contributed by atoms with Crippen LogP contribution in [0.1, 0.15) is 12.5 Å². The van der Waals surface area contributed by atoms with Crippen molar-refractivity contribution in [2.24, 2.45) is 0 Å². The van der Waals surface area contributed by atoms with Gasteiger partial charge in [0.1, 0.15) is 24.3 Å². The number of non-ortho nitro benzene ring substituents is 2. The topological polar surface area (TPSA) is 203 Å². The zero-order valence-electron chi connectivity index (χ0n) is 21.9. The molecule has 0 N–H and O–H groups in total. The van der Waals surface area contributed by atoms with E-state index in [2.05, 4.69) is 0 Å². The van der Waals surface area contributed by atoms with Crippen LogP contribution in [0.5, 0.6) is 11.5 Å². The van der Waals surface area contributed by atoms with Crippen molar-refractivity contribution in [3.05, 3.63) is 105 Å². The zero-order valence-corrected chi connectivity index (χ0v) is 23.6. The van der Waals surface area contributed by atoms with Crippen molar-refractivity contribution >= 4 is 40.0 Å². The third-order valence-electron chi connectivity index (χ3n) is 5.24. The van der Waals surface area contributed by atoms with Gasteiger partial charge in [-0.1, -0.05) is 42.5 Å². The van der Waals surface area contributed by atoms with Gasteiger partial charge in [-0.2, -0.15) is 0 Å². The van der Waals surface area contributed by atoms with Crippen LogP contribution in [0.3, 0.4) is 0 Å². The average Bonchev–Trinajstić information content (AvgIpc) is 2.92. The molecule has 3 rings (SSSR count). The second kappa shape index (κ2) is 13.7. The fraction of sp³-hybridized carbons (Fsp3) is 0.200. The molecule has 0 heterocycles. The monoisotopic (exact) mass is 621 g/mol. The summed E-state index contributed by atoms with van der Waals surface area (Å²) in [7, 11) is -9.47. The Hall–Kier alpha value is -4.82. The molecule has 0 spiro atoms. The van der Waals surface area contributed by atoms with Crippen molar-refractivity contribution in [3.8, 4) is 11.5 Å². The summed E-state index contributed by atoms with van der Waals surface area (Å²) in [5.74, 6) is -2.53. The summed E-state index contributed by atoms with van der Waals surface area (Å²) in [6, 6.07) is 16.5. The van der Waals surface area contributed by atoms with Crippen LogP contribution < -0.4 is 9.05 Å². The van der Waals surface area contributed by atoms with Crippen LogP contribution in [0, 0.1) is 20.2 Å². The fourth-order valence-electron chi connectivity index (χ4n) is 3.50. The van der Waals surface area contributed by atoms with Gasteiger partial charge in [-0.15, -0.1) is 0 Å². The van der Waals surface area contributed by atoms with E-state index in [9.17, 15) is 42.8 Å². The molecule has 15 nitrogen and oxygen atoms in total. The first kappa shape index (κ1) is 31.7. The van der Waals surface area contributed by atoms with Gasteiger partial charge < -0.3 is 18.7 Å². The summed E-state index contributed by atoms with van der Waals surface area (Å²) < 4.78 is 56.0. The van der Waals surface area contributed by atoms with Crippen LogP contribution in [-0.2, 0) is 29.7 Å². The lowest BCUT2D eigenvalue weighted by Gasteiger charge is -2.27. The molecule has 3 aromatic rings. The van der Waals surface area contributed by atoms with E-state index in [4.69, 9.17) is 13.8 Å². The summed E-state index contributed by atoms with van der Waals surface area (Å²) in [6.45, 7) is 0.364. The Kier molecular flexibility index (Phi) is 10.3. The molecular weight excluding hydrogens is 597 g/mol. The van der Waals surface area contributed by atoms with Crippen molar-refractivity contribution in [2.45, 2.75) is 12.7 Å². The van der Waals surface area contributed by atoms with E-state index in [1.165, 1.54) is 43.3 Å². The lowest BCUT2D eigenvalue weighted by Crippen LogP contribution is -2.41. The molecule has 0 unspecified atom stereocenters. The minimum Gasteiger partial charge on any atom is -0.465 e. The summed E-state index contributed by atoms with van der Waals surface area (Å²) in [4.78, 5) is 47.0. The van der Waals surface area contributed by atoms with Crippen LogP contribution >= 0.6 is 7.60 Å². The van der Waals surface area contributed by atoms with E-state index in [1.807, 2.05) is 0 Å². The Morgan fingerprint density at radius 2 is 1.38 bits per heavy atom. The molecule has 0 aliphatic heterocycles. The third kappa shape index (κ3) is 8.84. The van der Waals surface area contributed by atoms with E-state index >= 15 is 0 Å². The van der Waals surface area contributed by atoms with Crippen LogP contribution in [0.25, 0.3) is 0 Å². The van der Waals surface area contributed by atoms with Crippen LogP contribution in [0.2, 0.25) is 0 Å². The molecule has 17 heteroatoms. The third-order valence-corrected chi connectivity index (χ3v) is 8.41. The lowest BCUT2D eigenvalue weighted by atomic mass is 10.2. The van der Waals surface area contributed by atoms with Crippen LogP contribution in [0.15, 0.2) is 78.9 Å². The maximum Gasteiger partial charge on any atom is 0.450 e. The van der Waals surface area contributed by atoms with Gasteiger partial charge in [0.2, 0.25) is 9.84 Å². The zero-order chi connectivity index (χ0) is 30.9. The number of ether oxygens (including phenoxy) is 1. The average molecular weight is 622 g/mol. The Bertz CT molecular complexity index is 1570. The summed E-state index contributed by atoms with van der Waals surface area (Å²) in [5, 5.41) is 20.9. The number of sulfone groups is 1. The normalized spacial score (nSPS) is 11.3. The highest BCUT2D eigenvalue weighted by Gasteiger charge is 2.39. The van der Waals surface area contributed by atoms with E-state index in [0.717, 1.165) is 24.3 Å². The second-order valence-corrected chi connectivity index (χ2v) is 12.2. The van der Waals surface area contributed by atoms with Gasteiger partial charge in [0.15, 0.2) is 0 Å². The molecule has 3 aromatic carbocycles. The fourth-order valence-corrected chi connectivity index (χ4v) is 6.54. The lowest BCUT2D eigenvalue weighted by molar-refractivity contribution is -0.385. The van der Waals surface area contributed by atoms with Gasteiger partial charge in [-0.25, -0.2) is 13.0 Å². The maximum absolute atomic E-state index is 14.1. The highest BCUT2D eigenvalue weighted by molar-refractivity contribution is 8.05. The van der Waals surface area contributed by atoms with Crippen molar-refractivity contribution < 1.29 is 46.2 Å². The quantitative estimate of drug-likeness (QED) is 0.110. The van der Waals surface area contributed by atoms with E-state index in [-0.39, 0.29) is 23.7 Å². The van der Waals surface area contributed by atoms with Gasteiger partial charge in [0.05, 0.1) is 34.3 Å². The number of esters is 1. The second-order valence-electron chi connectivity index (χ2n) is 8.46. The van der Waals surface area contributed by atoms with Gasteiger partial charge in [-0.05, 0) is 24.6 Å². The van der Waals surface area contributed by atoms with Crippen LogP contribution in [-0.4, -0.2) is 53.8 Å². The van der Waals surface area contributed by atoms with E-state index < -0.39 is 68.4 Å². The summed E-state index contributed by atoms with van der Waals surface area (Å²) in [6.07, 6.45) is -1.16. The molecule has 0 aliphatic rings. The minimum absolute atomic E-state index is 0.121. The summed E-state index contributed by atoms with van der Waals surface area (Å²) >= 11 is 0. The maximum atomic E-state index is 14.1. The smallest absolute Gasteiger partial charge is 0.450 e. The number of carbonyl (C=O) groups excluding carboxylic acids is 2. The van der Waals surface area contributed by atoms with E-state index in [0.29, 0.717) is 4.90 Å². The molecule has 222 valence electrons. The predicted octanol–water partition coefficient (Wildman–Crippen LogP) is 4.71. The highest BCUT2D eigenvalue weighted by Crippen LogP contribution is 2.50. The number of amides is 1. The highest BCUT2D eigenvalue weighted by atomic mass is 32.2. The Morgan fingerprint density at radius 1 is 0.857 bits per heavy atom. The molecular formula is C25H24N3O12PS. The van der Waals surface area contributed by atoms with Gasteiger partial charge in [-0.3, -0.25) is 29.8 Å². The minimum atomic E-state index is -4.81. The number of carbonyl (C=O) groups is 2. The standard InChI is InChI=1S/C25H24N3O12PS/c1-2-38-24(29)16-26(25(30)42(36,37)17-19-8-4-3-5-9-19)18-41(35,39-22-12-6-10-20(14-22)27(31)32)40-23-13-7-11-21(15-23)28(33)34/h3-15H,2,16-18H2,1H3. The molecule has 0 aromatic heterocycles. The number of rotatable bonds is 13. The number of nitrogens with zero attached hydrogens (tertiary/aromatic N) is 3. The Balaban J connectivity index is 2.04. The molecule has 42 heavy (non-hydrogen) atoms. The van der Waals surface area contributed by atoms with Gasteiger partial charge in [0, 0.05) is 12.1 Å². The molecule has 0 saturated heterocycles. The number of benzene rings is 3. The molecule has 0 saturated carbocycles. The molecule has 1 amide bonds. The van der Waals surface area contributed by atoms with Crippen molar-refractivity contribution in [1.29, 1.82) is 0 Å². The first-order valence-corrected chi connectivity index (χ1v) is 15.4. The number of hydrogen-bond donors (Lipinski definition) is 0. The van der Waals surface area contributed by atoms with Crippen molar-refractivity contribution in [2.75, 3.05) is 19.4 Å². The number of nitro benzene ring substituents is 2. The molecule has 0 radical (unpaired) electrons. The van der Waals surface area contributed by atoms with Gasteiger partial charge >= 0.3 is 18.8 Å². The molecule has 0 fully saturated rings. The molecule has 0 atom stereocenters. The van der Waals surface area contributed by atoms with Gasteiger partial charge in [0.25, 0.3) is 11.4 Å². The van der Waals surface area contributed by atoms with E-state index in [1.54, 1.807) is 18.2 Å². The number of nitro groups is 2. The Labute approximate surface area is 239 Å². The molecule has 0 bridgehead atoms. The summed E-state index contributed by atoms with van der Waals surface area (Å²) in [5.41, 5.74) is -0.663. The first-order valence-electron chi connectivity index (χ1n) is 12.0. The largest absolute Gasteiger partial charge is 0.465 e. The van der Waals surface area contributed by atoms with Crippen LogP contribution in [0.4, 0.5) is 16.2 Å². The predicted molar refractivity (Wildman–Crippen MR) is 148 cm³/mol. The molecule has 0 aliphatic carbocycles. The van der Waals surface area contributed by atoms with Crippen molar-refractivity contribution in [1.82, 2.24) is 4.90 Å². The Morgan fingerprint density at radius 3 is 1.86 bits per heavy atom. The number of hydrogen-bond acceptors (Lipinski definition) is 12. The SMILES string of the molecule is CCOC(=O)CN(CP(=O)(Oc1cccc([N+](=O)[O-])c1)Oc1cccc([N+](=O)[O-])c1)C(=O)S(=O)(=O)Cc1ccccc1. The van der Waals surface area contributed by atoms with Crippen molar-refractivity contribution in [3.63, 3.8) is 0 Å². The first-order chi connectivity index (χ1) is 19.8.